The van der Waals surface area contributed by atoms with Gasteiger partial charge in [0.2, 0.25) is 5.91 Å². The molecule has 0 radical (unpaired) electrons. The number of amides is 1. The number of halogens is 2. The molecule has 1 aromatic carbocycles. The van der Waals surface area contributed by atoms with Crippen molar-refractivity contribution in [3.63, 3.8) is 0 Å². The first-order valence-corrected chi connectivity index (χ1v) is 7.88. The topological polar surface area (TPSA) is 68.5 Å². The molecule has 0 aliphatic rings. The molecule has 2 heterocycles. The molecule has 1 N–H and O–H groups in total. The van der Waals surface area contributed by atoms with E-state index in [1.54, 1.807) is 28.8 Å². The second-order valence-corrected chi connectivity index (χ2v) is 5.57. The van der Waals surface area contributed by atoms with Crippen LogP contribution in [-0.4, -0.2) is 32.9 Å². The number of nitrogens with one attached hydrogen (secondary N) is 1. The van der Waals surface area contributed by atoms with Gasteiger partial charge in [-0.05, 0) is 24.3 Å². The average Bonchev–Trinajstić information content (AvgIpc) is 2.98. The summed E-state index contributed by atoms with van der Waals surface area (Å²) in [5.74, 6) is -0.393. The van der Waals surface area contributed by atoms with Crippen molar-refractivity contribution < 1.29 is 18.3 Å². The van der Waals surface area contributed by atoms with Crippen LogP contribution >= 0.6 is 11.8 Å². The van der Waals surface area contributed by atoms with E-state index in [1.807, 2.05) is 12.1 Å². The summed E-state index contributed by atoms with van der Waals surface area (Å²) in [6.45, 7) is -2.96. The zero-order valence-electron chi connectivity index (χ0n) is 12.2. The van der Waals surface area contributed by atoms with E-state index in [9.17, 15) is 13.6 Å². The van der Waals surface area contributed by atoms with Gasteiger partial charge >= 0.3 is 6.61 Å². The van der Waals surface area contributed by atoms with Crippen LogP contribution in [0.15, 0.2) is 53.8 Å². The first-order valence-electron chi connectivity index (χ1n) is 6.90. The molecule has 2 aromatic heterocycles. The van der Waals surface area contributed by atoms with Gasteiger partial charge in [0.25, 0.3) is 0 Å². The lowest BCUT2D eigenvalue weighted by Gasteiger charge is -2.11. The van der Waals surface area contributed by atoms with Crippen molar-refractivity contribution in [3.05, 3.63) is 48.7 Å². The van der Waals surface area contributed by atoms with Crippen LogP contribution in [0.5, 0.6) is 5.75 Å². The monoisotopic (exact) mass is 350 g/mol. The minimum atomic E-state index is -2.96. The molecule has 6 nitrogen and oxygen atoms in total. The van der Waals surface area contributed by atoms with Crippen LogP contribution in [0.3, 0.4) is 0 Å². The van der Waals surface area contributed by atoms with Crippen LogP contribution in [-0.2, 0) is 4.79 Å². The van der Waals surface area contributed by atoms with Gasteiger partial charge in [-0.25, -0.2) is 0 Å². The number of rotatable bonds is 6. The van der Waals surface area contributed by atoms with Crippen LogP contribution in [0.25, 0.3) is 5.65 Å². The fourth-order valence-corrected chi connectivity index (χ4v) is 2.73. The van der Waals surface area contributed by atoms with Gasteiger partial charge in [-0.15, -0.1) is 10.2 Å². The minimum absolute atomic E-state index is 0.0543. The number of thioether (sulfide) groups is 1. The number of carbonyl (C=O) groups is 1. The lowest BCUT2D eigenvalue weighted by molar-refractivity contribution is -0.113. The Balaban J connectivity index is 1.64. The summed E-state index contributed by atoms with van der Waals surface area (Å²) in [5, 5.41) is 11.1. The second-order valence-electron chi connectivity index (χ2n) is 4.62. The van der Waals surface area contributed by atoms with E-state index in [1.165, 1.54) is 23.9 Å². The molecule has 0 atom stereocenters. The number of aromatic nitrogens is 3. The quantitative estimate of drug-likeness (QED) is 0.692. The number of alkyl halides is 2. The molecule has 24 heavy (non-hydrogen) atoms. The molecule has 124 valence electrons. The summed E-state index contributed by atoms with van der Waals surface area (Å²) >= 11 is 1.19. The van der Waals surface area contributed by atoms with Crippen LogP contribution in [0.4, 0.5) is 14.5 Å². The van der Waals surface area contributed by atoms with Gasteiger partial charge in [0.1, 0.15) is 5.75 Å². The Morgan fingerprint density at radius 3 is 2.83 bits per heavy atom. The zero-order chi connectivity index (χ0) is 16.9. The standard InChI is InChI=1S/C15H12F2N4O2S/c16-14(17)23-11-6-2-1-5-10(11)18-13(22)9-24-15-20-19-12-7-3-4-8-21(12)15/h1-8,14H,9H2,(H,18,22). The fourth-order valence-electron chi connectivity index (χ4n) is 2.00. The van der Waals surface area contributed by atoms with Gasteiger partial charge < -0.3 is 10.1 Å². The highest BCUT2D eigenvalue weighted by Crippen LogP contribution is 2.26. The number of ether oxygens (including phenoxy) is 1. The molecule has 0 saturated carbocycles. The predicted octanol–water partition coefficient (Wildman–Crippen LogP) is 3.06. The molecule has 1 amide bonds. The highest BCUT2D eigenvalue weighted by atomic mass is 32.2. The van der Waals surface area contributed by atoms with Gasteiger partial charge in [0.15, 0.2) is 10.8 Å². The maximum absolute atomic E-state index is 12.4. The molecular weight excluding hydrogens is 338 g/mol. The van der Waals surface area contributed by atoms with Crippen LogP contribution in [0, 0.1) is 0 Å². The molecule has 9 heteroatoms. The summed E-state index contributed by atoms with van der Waals surface area (Å²) < 4.78 is 30.9. The Morgan fingerprint density at radius 1 is 1.21 bits per heavy atom. The highest BCUT2D eigenvalue weighted by Gasteiger charge is 2.13. The third-order valence-electron chi connectivity index (χ3n) is 2.99. The van der Waals surface area contributed by atoms with Gasteiger partial charge in [0.05, 0.1) is 11.4 Å². The SMILES string of the molecule is O=C(CSc1nnc2ccccn12)Nc1ccccc1OC(F)F. The summed E-state index contributed by atoms with van der Waals surface area (Å²) in [6, 6.07) is 11.5. The summed E-state index contributed by atoms with van der Waals surface area (Å²) in [7, 11) is 0. The number of hydrogen-bond donors (Lipinski definition) is 1. The predicted molar refractivity (Wildman–Crippen MR) is 85.4 cm³/mol. The Labute approximate surface area is 139 Å². The largest absolute Gasteiger partial charge is 0.433 e. The van der Waals surface area contributed by atoms with E-state index in [0.717, 1.165) is 0 Å². The number of hydrogen-bond acceptors (Lipinski definition) is 5. The van der Waals surface area contributed by atoms with E-state index in [4.69, 9.17) is 0 Å². The highest BCUT2D eigenvalue weighted by molar-refractivity contribution is 7.99. The number of pyridine rings is 1. The molecule has 0 unspecified atom stereocenters. The normalized spacial score (nSPS) is 11.0. The Hall–Kier alpha value is -2.68. The lowest BCUT2D eigenvalue weighted by Crippen LogP contribution is -2.15. The molecule has 3 aromatic rings. The Morgan fingerprint density at radius 2 is 2.00 bits per heavy atom. The van der Waals surface area contributed by atoms with Crippen molar-refractivity contribution >= 4 is 29.0 Å². The van der Waals surface area contributed by atoms with Crippen LogP contribution in [0.2, 0.25) is 0 Å². The number of benzene rings is 1. The van der Waals surface area contributed by atoms with E-state index in [-0.39, 0.29) is 23.1 Å². The van der Waals surface area contributed by atoms with Gasteiger partial charge in [0, 0.05) is 6.20 Å². The summed E-state index contributed by atoms with van der Waals surface area (Å²) in [4.78, 5) is 12.0. The number of anilines is 1. The molecule has 0 spiro atoms. The van der Waals surface area contributed by atoms with Gasteiger partial charge in [-0.1, -0.05) is 30.0 Å². The second kappa shape index (κ2) is 7.26. The molecule has 0 aliphatic carbocycles. The van der Waals surface area contributed by atoms with E-state index in [2.05, 4.69) is 20.3 Å². The lowest BCUT2D eigenvalue weighted by atomic mass is 10.3. The number of para-hydroxylation sites is 2. The summed E-state index contributed by atoms with van der Waals surface area (Å²) in [5.41, 5.74) is 0.866. The Bertz CT molecular complexity index is 856. The van der Waals surface area contributed by atoms with Crippen LogP contribution in [0.1, 0.15) is 0 Å². The van der Waals surface area contributed by atoms with E-state index < -0.39 is 6.61 Å². The molecule has 0 aliphatic heterocycles. The maximum atomic E-state index is 12.4. The van der Waals surface area contributed by atoms with Crippen molar-refractivity contribution in [1.82, 2.24) is 14.6 Å². The Kier molecular flexibility index (Phi) is 4.90. The van der Waals surface area contributed by atoms with Crippen molar-refractivity contribution in [2.75, 3.05) is 11.1 Å². The molecule has 0 saturated heterocycles. The molecular formula is C15H12F2N4O2S. The molecule has 0 bridgehead atoms. The number of fused-ring (bicyclic) bond motifs is 1. The van der Waals surface area contributed by atoms with Crippen molar-refractivity contribution in [1.29, 1.82) is 0 Å². The number of nitrogens with zero attached hydrogens (tertiary/aromatic N) is 3. The minimum Gasteiger partial charge on any atom is -0.433 e. The van der Waals surface area contributed by atoms with Crippen molar-refractivity contribution in [2.45, 2.75) is 11.8 Å². The third kappa shape index (κ3) is 3.80. The van der Waals surface area contributed by atoms with Crippen molar-refractivity contribution in [3.8, 4) is 5.75 Å². The van der Waals surface area contributed by atoms with Crippen LogP contribution < -0.4 is 10.1 Å². The number of carbonyl (C=O) groups excluding carboxylic acids is 1. The van der Waals surface area contributed by atoms with Crippen molar-refractivity contribution in [2.24, 2.45) is 0 Å². The first kappa shape index (κ1) is 16.2. The maximum Gasteiger partial charge on any atom is 0.387 e. The first-order chi connectivity index (χ1) is 11.6. The molecule has 3 rings (SSSR count). The molecule has 0 fully saturated rings. The zero-order valence-corrected chi connectivity index (χ0v) is 13.0. The summed E-state index contributed by atoms with van der Waals surface area (Å²) in [6.07, 6.45) is 1.79. The average molecular weight is 350 g/mol. The fraction of sp³-hybridized carbons (Fsp3) is 0.133. The van der Waals surface area contributed by atoms with E-state index >= 15 is 0 Å². The third-order valence-corrected chi connectivity index (χ3v) is 3.94. The smallest absolute Gasteiger partial charge is 0.387 e. The van der Waals surface area contributed by atoms with Gasteiger partial charge in [-0.2, -0.15) is 8.78 Å². The van der Waals surface area contributed by atoms with E-state index in [0.29, 0.717) is 10.8 Å². The van der Waals surface area contributed by atoms with Gasteiger partial charge in [-0.3, -0.25) is 9.20 Å².